The average Bonchev–Trinajstić information content (AvgIpc) is 3.25. The number of phenolic OH excluding ortho intramolecular Hbond substituents is 1. The van der Waals surface area contributed by atoms with Crippen LogP contribution in [0.3, 0.4) is 0 Å². The summed E-state index contributed by atoms with van der Waals surface area (Å²) in [5.41, 5.74) is 0.304. The fourth-order valence-electron chi connectivity index (χ4n) is 6.26. The summed E-state index contributed by atoms with van der Waals surface area (Å²) >= 11 is 0. The van der Waals surface area contributed by atoms with Gasteiger partial charge < -0.3 is 66.0 Å². The van der Waals surface area contributed by atoms with Crippen LogP contribution in [0.2, 0.25) is 0 Å². The highest BCUT2D eigenvalue weighted by Gasteiger charge is 2.31. The lowest BCUT2D eigenvalue weighted by atomic mass is 10.1. The molecule has 6 aromatic rings. The number of hydrogen-bond acceptors (Lipinski definition) is 16. The van der Waals surface area contributed by atoms with E-state index >= 15 is 0 Å². The highest BCUT2D eigenvalue weighted by atomic mass is 16.6. The van der Waals surface area contributed by atoms with E-state index in [1.165, 1.54) is 78.2 Å². The average molecular weight is 791 g/mol. The SMILES string of the molecule is COc1c(OC)c(OC)c2c(=O)c(OC)c(-c3ccccc3)oc2c1OC.COc1ccc(-c2oc3c(OC)c(OC)c(OC)c(O)c3c(=O)c2OC)cc1OC. The van der Waals surface area contributed by atoms with Crippen LogP contribution in [-0.2, 0) is 0 Å². The summed E-state index contributed by atoms with van der Waals surface area (Å²) in [7, 11) is 15.6. The number of ether oxygens (including phenoxy) is 11. The first-order valence-electron chi connectivity index (χ1n) is 16.8. The minimum Gasteiger partial charge on any atom is -0.504 e. The molecule has 0 bridgehead atoms. The second-order valence-corrected chi connectivity index (χ2v) is 11.5. The largest absolute Gasteiger partial charge is 0.504 e. The highest BCUT2D eigenvalue weighted by Crippen LogP contribution is 2.52. The monoisotopic (exact) mass is 790 g/mol. The maximum atomic E-state index is 13.3. The first-order valence-corrected chi connectivity index (χ1v) is 16.8. The number of fused-ring (bicyclic) bond motifs is 2. The van der Waals surface area contributed by atoms with E-state index in [-0.39, 0.29) is 85.2 Å². The van der Waals surface area contributed by atoms with E-state index in [4.69, 9.17) is 60.9 Å². The summed E-state index contributed by atoms with van der Waals surface area (Å²) in [5.74, 6) is 1.82. The number of benzene rings is 4. The maximum Gasteiger partial charge on any atom is 0.239 e. The van der Waals surface area contributed by atoms with Gasteiger partial charge in [0.15, 0.2) is 45.7 Å². The van der Waals surface area contributed by atoms with E-state index < -0.39 is 16.6 Å². The Bertz CT molecular complexity index is 2520. The zero-order valence-corrected chi connectivity index (χ0v) is 33.2. The minimum absolute atomic E-state index is 0.0248. The highest BCUT2D eigenvalue weighted by molar-refractivity contribution is 5.98. The number of hydrogen-bond donors (Lipinski definition) is 1. The van der Waals surface area contributed by atoms with Crippen molar-refractivity contribution >= 4 is 21.9 Å². The molecule has 2 heterocycles. The van der Waals surface area contributed by atoms with Crippen molar-refractivity contribution in [1.29, 1.82) is 0 Å². The van der Waals surface area contributed by atoms with Gasteiger partial charge in [0.25, 0.3) is 0 Å². The Labute approximate surface area is 326 Å². The Morgan fingerprint density at radius 3 is 1.30 bits per heavy atom. The van der Waals surface area contributed by atoms with Crippen molar-refractivity contribution in [3.05, 3.63) is 69.0 Å². The molecule has 0 unspecified atom stereocenters. The van der Waals surface area contributed by atoms with E-state index in [1.54, 1.807) is 18.2 Å². The van der Waals surface area contributed by atoms with E-state index in [0.29, 0.717) is 22.6 Å². The van der Waals surface area contributed by atoms with Crippen LogP contribution in [0.4, 0.5) is 0 Å². The van der Waals surface area contributed by atoms with Crippen molar-refractivity contribution in [2.45, 2.75) is 0 Å². The Kier molecular flexibility index (Phi) is 12.7. The van der Waals surface area contributed by atoms with Crippen molar-refractivity contribution < 1.29 is 66.0 Å². The molecule has 1 N–H and O–H groups in total. The van der Waals surface area contributed by atoms with E-state index in [0.717, 1.165) is 0 Å². The summed E-state index contributed by atoms with van der Waals surface area (Å²) in [6.07, 6.45) is 0. The predicted octanol–water partition coefficient (Wildman–Crippen LogP) is 6.72. The van der Waals surface area contributed by atoms with Crippen molar-refractivity contribution in [2.75, 3.05) is 78.2 Å². The summed E-state index contributed by atoms with van der Waals surface area (Å²) in [4.78, 5) is 26.5. The molecular formula is C41H42O16. The molecule has 0 atom stereocenters. The first kappa shape index (κ1) is 41.1. The van der Waals surface area contributed by atoms with E-state index in [1.807, 2.05) is 30.3 Å². The van der Waals surface area contributed by atoms with Crippen LogP contribution < -0.4 is 63.0 Å². The van der Waals surface area contributed by atoms with Crippen molar-refractivity contribution in [3.8, 4) is 91.6 Å². The molecule has 0 saturated carbocycles. The quantitative estimate of drug-likeness (QED) is 0.130. The van der Waals surface area contributed by atoms with Gasteiger partial charge in [-0.15, -0.1) is 0 Å². The molecular weight excluding hydrogens is 748 g/mol. The summed E-state index contributed by atoms with van der Waals surface area (Å²) < 4.78 is 71.1. The predicted molar refractivity (Wildman–Crippen MR) is 210 cm³/mol. The molecule has 57 heavy (non-hydrogen) atoms. The second-order valence-electron chi connectivity index (χ2n) is 11.5. The third-order valence-corrected chi connectivity index (χ3v) is 8.78. The molecule has 0 fully saturated rings. The molecule has 0 aliphatic carbocycles. The molecule has 0 aliphatic rings. The molecule has 16 nitrogen and oxygen atoms in total. The maximum absolute atomic E-state index is 13.3. The zero-order valence-electron chi connectivity index (χ0n) is 33.2. The van der Waals surface area contributed by atoms with Gasteiger partial charge in [0.1, 0.15) is 10.8 Å². The Morgan fingerprint density at radius 2 is 0.825 bits per heavy atom. The van der Waals surface area contributed by atoms with Gasteiger partial charge in [-0.3, -0.25) is 9.59 Å². The third kappa shape index (κ3) is 7.01. The van der Waals surface area contributed by atoms with Crippen molar-refractivity contribution in [1.82, 2.24) is 0 Å². The topological polar surface area (TPSA) is 182 Å². The van der Waals surface area contributed by atoms with Crippen LogP contribution in [0.5, 0.6) is 69.0 Å². The van der Waals surface area contributed by atoms with Crippen LogP contribution in [0.1, 0.15) is 0 Å². The van der Waals surface area contributed by atoms with Crippen molar-refractivity contribution in [3.63, 3.8) is 0 Å². The molecule has 4 aromatic carbocycles. The van der Waals surface area contributed by atoms with Gasteiger partial charge in [-0.1, -0.05) is 30.3 Å². The van der Waals surface area contributed by atoms with E-state index in [2.05, 4.69) is 0 Å². The van der Waals surface area contributed by atoms with Gasteiger partial charge in [-0.2, -0.15) is 0 Å². The fourth-order valence-corrected chi connectivity index (χ4v) is 6.26. The normalized spacial score (nSPS) is 10.6. The Morgan fingerprint density at radius 1 is 0.404 bits per heavy atom. The molecule has 16 heteroatoms. The number of phenols is 1. The zero-order chi connectivity index (χ0) is 41.6. The van der Waals surface area contributed by atoms with Gasteiger partial charge in [0.05, 0.1) is 78.2 Å². The van der Waals surface area contributed by atoms with Crippen LogP contribution in [0, 0.1) is 0 Å². The molecule has 2 aromatic heterocycles. The second kappa shape index (κ2) is 17.6. The van der Waals surface area contributed by atoms with Gasteiger partial charge in [0.2, 0.25) is 56.9 Å². The minimum atomic E-state index is -0.611. The van der Waals surface area contributed by atoms with Crippen molar-refractivity contribution in [2.24, 2.45) is 0 Å². The van der Waals surface area contributed by atoms with Gasteiger partial charge >= 0.3 is 0 Å². The van der Waals surface area contributed by atoms with Crippen LogP contribution >= 0.6 is 0 Å². The molecule has 302 valence electrons. The molecule has 6 rings (SSSR count). The summed E-state index contributed by atoms with van der Waals surface area (Å²) in [6, 6.07) is 14.2. The lowest BCUT2D eigenvalue weighted by Crippen LogP contribution is -2.11. The van der Waals surface area contributed by atoms with Crippen LogP contribution in [0.25, 0.3) is 44.6 Å². The van der Waals surface area contributed by atoms with Gasteiger partial charge in [0, 0.05) is 11.1 Å². The summed E-state index contributed by atoms with van der Waals surface area (Å²) in [5, 5.41) is 10.7. The Hall–Kier alpha value is -7.10. The summed E-state index contributed by atoms with van der Waals surface area (Å²) in [6.45, 7) is 0. The lowest BCUT2D eigenvalue weighted by Gasteiger charge is -2.18. The lowest BCUT2D eigenvalue weighted by molar-refractivity contribution is 0.306. The standard InChI is InChI=1S/C21H22O9.C20H20O7/c1-24-11-8-7-10(9-12(11)25-2)16-18(26-3)14(22)13-15(23)19(27-4)21(29-6)20(28-5)17(13)30-16;1-22-15-12-13(21)17(23-2)14(11-9-7-6-8-10-11)27-16(12)19(25-4)20(26-5)18(15)24-3/h7-9,23H,1-6H3;6-10H,1-5H3. The first-order chi connectivity index (χ1) is 27.6. The van der Waals surface area contributed by atoms with Crippen LogP contribution in [-0.4, -0.2) is 83.3 Å². The molecule has 0 spiro atoms. The molecule has 0 radical (unpaired) electrons. The number of rotatable bonds is 13. The van der Waals surface area contributed by atoms with E-state index in [9.17, 15) is 14.7 Å². The molecule has 0 saturated heterocycles. The molecule has 0 aliphatic heterocycles. The smallest absolute Gasteiger partial charge is 0.239 e. The van der Waals surface area contributed by atoms with Gasteiger partial charge in [-0.05, 0) is 18.2 Å². The Balaban J connectivity index is 0.000000219. The number of aromatic hydroxyl groups is 1. The third-order valence-electron chi connectivity index (χ3n) is 8.78. The fraction of sp³-hybridized carbons (Fsp3) is 0.268. The van der Waals surface area contributed by atoms with Crippen LogP contribution in [0.15, 0.2) is 67.0 Å². The molecule has 0 amide bonds. The number of methoxy groups -OCH3 is 11. The van der Waals surface area contributed by atoms with Gasteiger partial charge in [-0.25, -0.2) is 0 Å².